The van der Waals surface area contributed by atoms with E-state index in [0.717, 1.165) is 25.9 Å². The molecule has 2 aromatic rings. The molecular formula is C18H24N4O2. The minimum atomic E-state index is -0.489. The van der Waals surface area contributed by atoms with Crippen molar-refractivity contribution in [2.75, 3.05) is 38.1 Å². The molecule has 1 unspecified atom stereocenters. The number of aromatic nitrogens is 2. The van der Waals surface area contributed by atoms with Crippen LogP contribution < -0.4 is 10.5 Å². The van der Waals surface area contributed by atoms with Gasteiger partial charge in [0, 0.05) is 39.3 Å². The Kier molecular flexibility index (Phi) is 5.27. The summed E-state index contributed by atoms with van der Waals surface area (Å²) >= 11 is 0. The lowest BCUT2D eigenvalue weighted by Crippen LogP contribution is -2.40. The number of β-amino-alcohol motifs (C(OH)–C–C–N with tert-alkyl or cyclic N) is 1. The van der Waals surface area contributed by atoms with Crippen molar-refractivity contribution in [2.24, 2.45) is 0 Å². The molecule has 1 aromatic heterocycles. The molecule has 2 heterocycles. The molecule has 0 saturated carbocycles. The highest BCUT2D eigenvalue weighted by molar-refractivity contribution is 5.35. The molecule has 6 nitrogen and oxygen atoms in total. The topological polar surface area (TPSA) is 72.5 Å². The molecule has 2 N–H and O–H groups in total. The molecule has 6 heteroatoms. The van der Waals surface area contributed by atoms with Crippen molar-refractivity contribution in [3.05, 3.63) is 58.1 Å². The SMILES string of the molecule is CN(CC(O)CN1CCc2ccccc2CC1)c1cc(=O)[nH]cn1. The maximum atomic E-state index is 11.4. The predicted octanol–water partition coefficient (Wildman–Crippen LogP) is 0.668. The Labute approximate surface area is 141 Å². The van der Waals surface area contributed by atoms with Crippen molar-refractivity contribution in [1.29, 1.82) is 0 Å². The monoisotopic (exact) mass is 328 g/mol. The number of nitrogens with zero attached hydrogens (tertiary/aromatic N) is 3. The Bertz CT molecular complexity index is 704. The van der Waals surface area contributed by atoms with Gasteiger partial charge in [-0.05, 0) is 24.0 Å². The number of likely N-dealkylation sites (N-methyl/N-ethyl adjacent to an activating group) is 1. The third-order valence-corrected chi connectivity index (χ3v) is 4.52. The van der Waals surface area contributed by atoms with E-state index in [1.54, 1.807) is 0 Å². The van der Waals surface area contributed by atoms with E-state index < -0.39 is 6.10 Å². The summed E-state index contributed by atoms with van der Waals surface area (Å²) in [6.07, 6.45) is 2.94. The van der Waals surface area contributed by atoms with E-state index in [1.165, 1.54) is 23.5 Å². The van der Waals surface area contributed by atoms with E-state index in [-0.39, 0.29) is 5.56 Å². The minimum Gasteiger partial charge on any atom is -0.390 e. The van der Waals surface area contributed by atoms with E-state index in [2.05, 4.69) is 39.1 Å². The van der Waals surface area contributed by atoms with Gasteiger partial charge in [0.05, 0.1) is 12.4 Å². The Balaban J connectivity index is 1.54. The van der Waals surface area contributed by atoms with Gasteiger partial charge >= 0.3 is 0 Å². The number of benzene rings is 1. The summed E-state index contributed by atoms with van der Waals surface area (Å²) in [5.74, 6) is 0.570. The van der Waals surface area contributed by atoms with Crippen LogP contribution in [0.15, 0.2) is 41.5 Å². The Morgan fingerprint density at radius 3 is 2.58 bits per heavy atom. The van der Waals surface area contributed by atoms with Crippen LogP contribution in [-0.4, -0.2) is 59.3 Å². The molecule has 1 aromatic carbocycles. The number of nitrogens with one attached hydrogen (secondary N) is 1. The first-order chi connectivity index (χ1) is 11.6. The molecule has 1 atom stereocenters. The molecule has 1 aliphatic rings. The number of anilines is 1. The van der Waals surface area contributed by atoms with Crippen LogP contribution in [0.1, 0.15) is 11.1 Å². The smallest absolute Gasteiger partial charge is 0.252 e. The van der Waals surface area contributed by atoms with Gasteiger partial charge in [-0.1, -0.05) is 24.3 Å². The van der Waals surface area contributed by atoms with Crippen LogP contribution in [0.2, 0.25) is 0 Å². The highest BCUT2D eigenvalue weighted by Crippen LogP contribution is 2.16. The lowest BCUT2D eigenvalue weighted by molar-refractivity contribution is 0.120. The largest absolute Gasteiger partial charge is 0.390 e. The highest BCUT2D eigenvalue weighted by atomic mass is 16.3. The van der Waals surface area contributed by atoms with Crippen molar-refractivity contribution >= 4 is 5.82 Å². The molecule has 0 bridgehead atoms. The Morgan fingerprint density at radius 1 is 1.29 bits per heavy atom. The molecule has 128 valence electrons. The van der Waals surface area contributed by atoms with Crippen LogP contribution >= 0.6 is 0 Å². The number of aliphatic hydroxyl groups is 1. The quantitative estimate of drug-likeness (QED) is 0.844. The number of aromatic amines is 1. The van der Waals surface area contributed by atoms with Gasteiger partial charge in [-0.25, -0.2) is 4.98 Å². The first kappa shape index (κ1) is 16.7. The molecule has 1 aliphatic heterocycles. The summed E-state index contributed by atoms with van der Waals surface area (Å²) in [5, 5.41) is 10.4. The van der Waals surface area contributed by atoms with Gasteiger partial charge in [0.25, 0.3) is 5.56 Å². The van der Waals surface area contributed by atoms with E-state index in [1.807, 2.05) is 11.9 Å². The summed E-state index contributed by atoms with van der Waals surface area (Å²) < 4.78 is 0. The molecule has 0 radical (unpaired) electrons. The molecule has 0 fully saturated rings. The van der Waals surface area contributed by atoms with Crippen LogP contribution in [-0.2, 0) is 12.8 Å². The zero-order chi connectivity index (χ0) is 16.9. The third kappa shape index (κ3) is 4.21. The fraction of sp³-hybridized carbons (Fsp3) is 0.444. The minimum absolute atomic E-state index is 0.188. The molecule has 0 spiro atoms. The molecule has 0 saturated heterocycles. The molecule has 0 amide bonds. The van der Waals surface area contributed by atoms with E-state index in [9.17, 15) is 9.90 Å². The number of hydrogen-bond donors (Lipinski definition) is 2. The first-order valence-electron chi connectivity index (χ1n) is 8.35. The lowest BCUT2D eigenvalue weighted by Gasteiger charge is -2.26. The van der Waals surface area contributed by atoms with Crippen molar-refractivity contribution in [2.45, 2.75) is 18.9 Å². The van der Waals surface area contributed by atoms with Crippen LogP contribution in [0.25, 0.3) is 0 Å². The summed E-state index contributed by atoms with van der Waals surface area (Å²) in [6.45, 7) is 2.99. The number of fused-ring (bicyclic) bond motifs is 1. The second kappa shape index (κ2) is 7.59. The molecule has 3 rings (SSSR count). The van der Waals surface area contributed by atoms with Crippen LogP contribution in [0.3, 0.4) is 0 Å². The van der Waals surface area contributed by atoms with E-state index in [0.29, 0.717) is 18.9 Å². The zero-order valence-electron chi connectivity index (χ0n) is 14.0. The average Bonchev–Trinajstić information content (AvgIpc) is 2.77. The lowest BCUT2D eigenvalue weighted by atomic mass is 10.0. The summed E-state index contributed by atoms with van der Waals surface area (Å²) in [7, 11) is 1.84. The van der Waals surface area contributed by atoms with Gasteiger partial charge in [0.1, 0.15) is 5.82 Å². The number of H-pyrrole nitrogens is 1. The summed E-state index contributed by atoms with van der Waals surface area (Å²) in [4.78, 5) is 22.1. The molecule has 24 heavy (non-hydrogen) atoms. The second-order valence-corrected chi connectivity index (χ2v) is 6.37. The summed E-state index contributed by atoms with van der Waals surface area (Å²) in [5.41, 5.74) is 2.64. The van der Waals surface area contributed by atoms with Crippen LogP contribution in [0.4, 0.5) is 5.82 Å². The second-order valence-electron chi connectivity index (χ2n) is 6.37. The van der Waals surface area contributed by atoms with Gasteiger partial charge in [0.2, 0.25) is 0 Å². The summed E-state index contributed by atoms with van der Waals surface area (Å²) in [6, 6.07) is 10.0. The van der Waals surface area contributed by atoms with Gasteiger partial charge in [-0.2, -0.15) is 0 Å². The van der Waals surface area contributed by atoms with Gasteiger partial charge in [-0.3, -0.25) is 4.79 Å². The fourth-order valence-corrected chi connectivity index (χ4v) is 3.23. The normalized spacial score (nSPS) is 16.2. The Hall–Kier alpha value is -2.18. The number of rotatable bonds is 5. The van der Waals surface area contributed by atoms with Crippen molar-refractivity contribution in [1.82, 2.24) is 14.9 Å². The van der Waals surface area contributed by atoms with Gasteiger partial charge < -0.3 is 19.9 Å². The third-order valence-electron chi connectivity index (χ3n) is 4.52. The predicted molar refractivity (Wildman–Crippen MR) is 94.4 cm³/mol. The molecule has 0 aliphatic carbocycles. The van der Waals surface area contributed by atoms with Gasteiger partial charge in [-0.15, -0.1) is 0 Å². The number of hydrogen-bond acceptors (Lipinski definition) is 5. The van der Waals surface area contributed by atoms with E-state index >= 15 is 0 Å². The van der Waals surface area contributed by atoms with Crippen LogP contribution in [0, 0.1) is 0 Å². The first-order valence-corrected chi connectivity index (χ1v) is 8.35. The standard InChI is InChI=1S/C18H24N4O2/c1-21(17-10-18(24)20-13-19-17)11-16(23)12-22-8-6-14-4-2-3-5-15(14)7-9-22/h2-5,10,13,16,23H,6-9,11-12H2,1H3,(H,19,20,24). The maximum absolute atomic E-state index is 11.4. The van der Waals surface area contributed by atoms with Crippen molar-refractivity contribution in [3.8, 4) is 0 Å². The maximum Gasteiger partial charge on any atom is 0.252 e. The number of aliphatic hydroxyl groups excluding tert-OH is 1. The highest BCUT2D eigenvalue weighted by Gasteiger charge is 2.18. The zero-order valence-corrected chi connectivity index (χ0v) is 14.0. The average molecular weight is 328 g/mol. The van der Waals surface area contributed by atoms with Crippen molar-refractivity contribution < 1.29 is 5.11 Å². The van der Waals surface area contributed by atoms with E-state index in [4.69, 9.17) is 0 Å². The van der Waals surface area contributed by atoms with Gasteiger partial charge in [0.15, 0.2) is 0 Å². The van der Waals surface area contributed by atoms with Crippen LogP contribution in [0.5, 0.6) is 0 Å². The fourth-order valence-electron chi connectivity index (χ4n) is 3.23. The Morgan fingerprint density at radius 2 is 1.96 bits per heavy atom. The van der Waals surface area contributed by atoms with Crippen molar-refractivity contribution in [3.63, 3.8) is 0 Å². The molecular weight excluding hydrogens is 304 g/mol.